The summed E-state index contributed by atoms with van der Waals surface area (Å²) in [6.07, 6.45) is 8.78. The highest BCUT2D eigenvalue weighted by molar-refractivity contribution is 5.99. The van der Waals surface area contributed by atoms with E-state index < -0.39 is 0 Å². The Bertz CT molecular complexity index is 1340. The predicted molar refractivity (Wildman–Crippen MR) is 135 cm³/mol. The number of pyridine rings is 3. The molecule has 4 aromatic rings. The van der Waals surface area contributed by atoms with Gasteiger partial charge in [-0.05, 0) is 49.5 Å². The largest absolute Gasteiger partial charge is 0.481 e. The third kappa shape index (κ3) is 5.21. The van der Waals surface area contributed by atoms with Crippen LogP contribution >= 0.6 is 0 Å². The fourth-order valence-corrected chi connectivity index (χ4v) is 3.51. The fourth-order valence-electron chi connectivity index (χ4n) is 3.51. The van der Waals surface area contributed by atoms with E-state index in [1.54, 1.807) is 31.6 Å². The van der Waals surface area contributed by atoms with Gasteiger partial charge in [0, 0.05) is 60.8 Å². The molecule has 0 bridgehead atoms. The number of amides is 1. The van der Waals surface area contributed by atoms with Crippen molar-refractivity contribution in [3.05, 3.63) is 61.1 Å². The Morgan fingerprint density at radius 2 is 1.94 bits per heavy atom. The van der Waals surface area contributed by atoms with Gasteiger partial charge in [-0.3, -0.25) is 4.79 Å². The van der Waals surface area contributed by atoms with Crippen LogP contribution in [0.2, 0.25) is 0 Å². The van der Waals surface area contributed by atoms with Crippen LogP contribution in [0.5, 0.6) is 5.88 Å². The molecule has 9 heteroatoms. The zero-order valence-electron chi connectivity index (χ0n) is 19.6. The van der Waals surface area contributed by atoms with Crippen molar-refractivity contribution in [2.45, 2.75) is 0 Å². The van der Waals surface area contributed by atoms with Crippen LogP contribution in [-0.4, -0.2) is 65.5 Å². The van der Waals surface area contributed by atoms with Gasteiger partial charge in [-0.1, -0.05) is 6.08 Å². The van der Waals surface area contributed by atoms with Crippen molar-refractivity contribution in [2.75, 3.05) is 45.4 Å². The molecular weight excluding hydrogens is 430 g/mol. The Hall–Kier alpha value is -4.24. The van der Waals surface area contributed by atoms with Gasteiger partial charge in [0.2, 0.25) is 11.8 Å². The van der Waals surface area contributed by atoms with Gasteiger partial charge in [-0.15, -0.1) is 0 Å². The summed E-state index contributed by atoms with van der Waals surface area (Å²) in [6.45, 7) is 0.669. The number of methoxy groups -OCH3 is 1. The molecule has 0 aliphatic rings. The SMILES string of the molecule is CNc1cc(-c2c[nH]c3ncc(-c4cc(NC(=O)C=CCN(C)C)nc(OC)c4)cc23)ccn1. The van der Waals surface area contributed by atoms with Crippen LogP contribution in [0.4, 0.5) is 11.6 Å². The van der Waals surface area contributed by atoms with Gasteiger partial charge in [-0.2, -0.15) is 4.98 Å². The predicted octanol–water partition coefficient (Wildman–Crippen LogP) is 3.79. The minimum atomic E-state index is -0.256. The number of H-pyrrole nitrogens is 1. The molecule has 0 aromatic carbocycles. The molecule has 3 N–H and O–H groups in total. The summed E-state index contributed by atoms with van der Waals surface area (Å²) >= 11 is 0. The summed E-state index contributed by atoms with van der Waals surface area (Å²) in [5.74, 6) is 1.33. The van der Waals surface area contributed by atoms with Crippen LogP contribution in [-0.2, 0) is 4.79 Å². The zero-order chi connectivity index (χ0) is 24.1. The molecule has 9 nitrogen and oxygen atoms in total. The summed E-state index contributed by atoms with van der Waals surface area (Å²) in [5, 5.41) is 6.85. The van der Waals surface area contributed by atoms with Crippen molar-refractivity contribution in [2.24, 2.45) is 0 Å². The van der Waals surface area contributed by atoms with Gasteiger partial charge >= 0.3 is 0 Å². The van der Waals surface area contributed by atoms with Gasteiger partial charge in [-0.25, -0.2) is 9.97 Å². The van der Waals surface area contributed by atoms with Crippen LogP contribution in [0.1, 0.15) is 0 Å². The number of nitrogens with zero attached hydrogens (tertiary/aromatic N) is 4. The number of hydrogen-bond acceptors (Lipinski definition) is 7. The van der Waals surface area contributed by atoms with E-state index in [4.69, 9.17) is 4.74 Å². The van der Waals surface area contributed by atoms with E-state index in [1.807, 2.05) is 50.4 Å². The van der Waals surface area contributed by atoms with Gasteiger partial charge in [0.1, 0.15) is 17.3 Å². The lowest BCUT2D eigenvalue weighted by Gasteiger charge is -2.09. The highest BCUT2D eigenvalue weighted by Crippen LogP contribution is 2.33. The van der Waals surface area contributed by atoms with Crippen LogP contribution < -0.4 is 15.4 Å². The van der Waals surface area contributed by atoms with E-state index in [-0.39, 0.29) is 5.91 Å². The summed E-state index contributed by atoms with van der Waals surface area (Å²) in [4.78, 5) is 30.8. The highest BCUT2D eigenvalue weighted by atomic mass is 16.5. The lowest BCUT2D eigenvalue weighted by atomic mass is 10.0. The lowest BCUT2D eigenvalue weighted by molar-refractivity contribution is -0.111. The first kappa shape index (κ1) is 22.9. The standard InChI is InChI=1S/C25H27N7O2/c1-26-21-11-16(7-8-27-21)20-15-29-25-19(20)10-18(14-28-25)17-12-22(31-24(13-17)34-4)30-23(33)6-5-9-32(2)3/h5-8,10-15H,9H2,1-4H3,(H,26,27)(H,28,29)(H,30,31,33). The molecule has 174 valence electrons. The Kier molecular flexibility index (Phi) is 6.84. The molecule has 0 atom stereocenters. The Morgan fingerprint density at radius 3 is 2.71 bits per heavy atom. The number of likely N-dealkylation sites (N-methyl/N-ethyl adjacent to an activating group) is 1. The fraction of sp³-hybridized carbons (Fsp3) is 0.200. The molecule has 0 aliphatic carbocycles. The van der Waals surface area contributed by atoms with Crippen molar-refractivity contribution in [3.8, 4) is 28.1 Å². The second kappa shape index (κ2) is 10.1. The molecule has 0 radical (unpaired) electrons. The molecule has 0 saturated heterocycles. The molecule has 34 heavy (non-hydrogen) atoms. The number of nitrogens with one attached hydrogen (secondary N) is 3. The molecule has 0 saturated carbocycles. The average Bonchev–Trinajstić information content (AvgIpc) is 3.27. The molecule has 1 amide bonds. The number of aromatic nitrogens is 4. The van der Waals surface area contributed by atoms with Crippen molar-refractivity contribution in [1.29, 1.82) is 0 Å². The van der Waals surface area contributed by atoms with Gasteiger partial charge in [0.25, 0.3) is 0 Å². The molecule has 0 unspecified atom stereocenters. The Labute approximate surface area is 197 Å². The summed E-state index contributed by atoms with van der Waals surface area (Å²) in [7, 11) is 7.26. The maximum absolute atomic E-state index is 12.3. The van der Waals surface area contributed by atoms with Crippen LogP contribution in [0.3, 0.4) is 0 Å². The zero-order valence-corrected chi connectivity index (χ0v) is 19.6. The number of rotatable bonds is 8. The van der Waals surface area contributed by atoms with Crippen molar-refractivity contribution in [3.63, 3.8) is 0 Å². The summed E-state index contributed by atoms with van der Waals surface area (Å²) in [6, 6.07) is 9.63. The van der Waals surface area contributed by atoms with Crippen molar-refractivity contribution in [1.82, 2.24) is 24.8 Å². The summed E-state index contributed by atoms with van der Waals surface area (Å²) < 4.78 is 5.37. The first-order valence-electron chi connectivity index (χ1n) is 10.8. The van der Waals surface area contributed by atoms with Crippen LogP contribution in [0.15, 0.2) is 61.1 Å². The Balaban J connectivity index is 1.69. The van der Waals surface area contributed by atoms with Crippen LogP contribution in [0, 0.1) is 0 Å². The van der Waals surface area contributed by atoms with E-state index >= 15 is 0 Å². The van der Waals surface area contributed by atoms with Crippen LogP contribution in [0.25, 0.3) is 33.3 Å². The molecule has 0 fully saturated rings. The number of fused-ring (bicyclic) bond motifs is 1. The highest BCUT2D eigenvalue weighted by Gasteiger charge is 2.12. The van der Waals surface area contributed by atoms with Gasteiger partial charge < -0.3 is 25.3 Å². The average molecular weight is 458 g/mol. The minimum absolute atomic E-state index is 0.256. The molecule has 0 aliphatic heterocycles. The molecule has 4 aromatic heterocycles. The van der Waals surface area contributed by atoms with E-state index in [2.05, 4.69) is 36.6 Å². The first-order chi connectivity index (χ1) is 16.5. The second-order valence-corrected chi connectivity index (χ2v) is 7.94. The van der Waals surface area contributed by atoms with Crippen molar-refractivity contribution < 1.29 is 9.53 Å². The Morgan fingerprint density at radius 1 is 1.12 bits per heavy atom. The monoisotopic (exact) mass is 457 g/mol. The number of aromatic amines is 1. The lowest BCUT2D eigenvalue weighted by Crippen LogP contribution is -2.13. The second-order valence-electron chi connectivity index (χ2n) is 7.94. The van der Waals surface area contributed by atoms with E-state index in [0.717, 1.165) is 39.1 Å². The first-order valence-corrected chi connectivity index (χ1v) is 10.8. The number of carbonyl (C=O) groups excluding carboxylic acids is 1. The third-order valence-electron chi connectivity index (χ3n) is 5.19. The number of anilines is 2. The van der Waals surface area contributed by atoms with E-state index in [0.29, 0.717) is 18.2 Å². The van der Waals surface area contributed by atoms with E-state index in [9.17, 15) is 4.79 Å². The minimum Gasteiger partial charge on any atom is -0.481 e. The number of ether oxygens (including phenoxy) is 1. The third-order valence-corrected chi connectivity index (χ3v) is 5.19. The molecule has 0 spiro atoms. The quantitative estimate of drug-likeness (QED) is 0.346. The number of carbonyl (C=O) groups is 1. The smallest absolute Gasteiger partial charge is 0.249 e. The molecule has 4 heterocycles. The van der Waals surface area contributed by atoms with Gasteiger partial charge in [0.05, 0.1) is 7.11 Å². The normalized spacial score (nSPS) is 11.3. The van der Waals surface area contributed by atoms with Gasteiger partial charge in [0.15, 0.2) is 0 Å². The molecule has 4 rings (SSSR count). The summed E-state index contributed by atoms with van der Waals surface area (Å²) in [5.41, 5.74) is 4.52. The maximum atomic E-state index is 12.3. The van der Waals surface area contributed by atoms with Crippen molar-refractivity contribution >= 4 is 28.6 Å². The van der Waals surface area contributed by atoms with E-state index in [1.165, 1.54) is 6.08 Å². The maximum Gasteiger partial charge on any atom is 0.249 e. The topological polar surface area (TPSA) is 108 Å². The number of hydrogen-bond donors (Lipinski definition) is 3. The molecular formula is C25H27N7O2.